The van der Waals surface area contributed by atoms with Crippen molar-refractivity contribution in [1.82, 2.24) is 0 Å². The molecule has 1 N–H and O–H groups in total. The molecule has 0 saturated heterocycles. The van der Waals surface area contributed by atoms with Crippen molar-refractivity contribution >= 4 is 11.9 Å². The van der Waals surface area contributed by atoms with Crippen molar-refractivity contribution < 1.29 is 19.4 Å². The molecule has 0 aromatic rings. The van der Waals surface area contributed by atoms with E-state index in [9.17, 15) is 9.59 Å². The van der Waals surface area contributed by atoms with Crippen LogP contribution in [0.3, 0.4) is 0 Å². The van der Waals surface area contributed by atoms with Crippen LogP contribution < -0.4 is 0 Å². The van der Waals surface area contributed by atoms with Crippen LogP contribution in [0, 0.1) is 0 Å². The Morgan fingerprint density at radius 2 is 1.93 bits per heavy atom. The molecule has 0 bridgehead atoms. The highest BCUT2D eigenvalue weighted by atomic mass is 16.5. The third kappa shape index (κ3) is 8.77. The molecule has 4 heteroatoms. The van der Waals surface area contributed by atoms with E-state index < -0.39 is 5.97 Å². The summed E-state index contributed by atoms with van der Waals surface area (Å²) in [6.45, 7) is 5.86. The van der Waals surface area contributed by atoms with E-state index in [-0.39, 0.29) is 18.8 Å². The number of carboxylic acid groups (broad SMARTS) is 1. The number of carbonyl (C=O) groups excluding carboxylic acids is 1. The smallest absolute Gasteiger partial charge is 0.305 e. The molecule has 0 aliphatic carbocycles. The van der Waals surface area contributed by atoms with Crippen molar-refractivity contribution in [3.8, 4) is 0 Å². The van der Waals surface area contributed by atoms with Gasteiger partial charge in [-0.3, -0.25) is 9.59 Å². The topological polar surface area (TPSA) is 63.6 Å². The molecule has 80 valence electrons. The lowest BCUT2D eigenvalue weighted by atomic mass is 10.2. The van der Waals surface area contributed by atoms with Crippen LogP contribution >= 0.6 is 0 Å². The van der Waals surface area contributed by atoms with Gasteiger partial charge in [0.25, 0.3) is 0 Å². The van der Waals surface area contributed by atoms with Gasteiger partial charge in [-0.1, -0.05) is 5.57 Å². The Kier molecular flexibility index (Phi) is 6.45. The Balaban J connectivity index is 3.37. The van der Waals surface area contributed by atoms with Crippen molar-refractivity contribution in [2.24, 2.45) is 0 Å². The number of hydrogen-bond acceptors (Lipinski definition) is 3. The van der Waals surface area contributed by atoms with Gasteiger partial charge in [-0.2, -0.15) is 0 Å². The highest BCUT2D eigenvalue weighted by Gasteiger charge is 2.04. The van der Waals surface area contributed by atoms with Crippen LogP contribution in [0.1, 0.15) is 32.6 Å². The monoisotopic (exact) mass is 200 g/mol. The zero-order valence-corrected chi connectivity index (χ0v) is 8.41. The predicted molar refractivity (Wildman–Crippen MR) is 51.9 cm³/mol. The van der Waals surface area contributed by atoms with E-state index in [0.717, 1.165) is 5.57 Å². The molecule has 0 rings (SSSR count). The molecule has 0 amide bonds. The van der Waals surface area contributed by atoms with E-state index in [2.05, 4.69) is 6.58 Å². The third-order valence-electron chi connectivity index (χ3n) is 1.56. The fourth-order valence-electron chi connectivity index (χ4n) is 0.795. The Morgan fingerprint density at radius 1 is 1.29 bits per heavy atom. The van der Waals surface area contributed by atoms with Gasteiger partial charge in [-0.25, -0.2) is 0 Å². The van der Waals surface area contributed by atoms with Gasteiger partial charge >= 0.3 is 11.9 Å². The van der Waals surface area contributed by atoms with E-state index >= 15 is 0 Å². The first-order chi connectivity index (χ1) is 6.52. The summed E-state index contributed by atoms with van der Waals surface area (Å²) in [5.74, 6) is -1.23. The molecular formula is C10H16O4. The van der Waals surface area contributed by atoms with Gasteiger partial charge in [0.05, 0.1) is 6.61 Å². The summed E-state index contributed by atoms with van der Waals surface area (Å²) >= 11 is 0. The van der Waals surface area contributed by atoms with Gasteiger partial charge in [0, 0.05) is 19.3 Å². The summed E-state index contributed by atoms with van der Waals surface area (Å²) < 4.78 is 4.84. The molecule has 14 heavy (non-hydrogen) atoms. The molecule has 0 radical (unpaired) electrons. The Labute approximate surface area is 83.6 Å². The minimum Gasteiger partial charge on any atom is -0.481 e. The van der Waals surface area contributed by atoms with Crippen molar-refractivity contribution in [2.45, 2.75) is 32.6 Å². The number of carbonyl (C=O) groups is 2. The van der Waals surface area contributed by atoms with Crippen LogP contribution in [0.2, 0.25) is 0 Å². The van der Waals surface area contributed by atoms with Crippen molar-refractivity contribution in [3.63, 3.8) is 0 Å². The summed E-state index contributed by atoms with van der Waals surface area (Å²) in [6, 6.07) is 0. The molecule has 0 aliphatic heterocycles. The SMILES string of the molecule is C=C(C)CCOC(=O)CCCC(=O)O. The number of ether oxygens (including phenoxy) is 1. The molecule has 0 aromatic heterocycles. The first-order valence-electron chi connectivity index (χ1n) is 4.54. The molecule has 0 unspecified atom stereocenters. The highest BCUT2D eigenvalue weighted by molar-refractivity contribution is 5.71. The molecule has 0 spiro atoms. The summed E-state index contributed by atoms with van der Waals surface area (Å²) in [4.78, 5) is 21.1. The van der Waals surface area contributed by atoms with Crippen molar-refractivity contribution in [1.29, 1.82) is 0 Å². The average Bonchev–Trinajstić information content (AvgIpc) is 2.02. The second-order valence-electron chi connectivity index (χ2n) is 3.17. The third-order valence-corrected chi connectivity index (χ3v) is 1.56. The van der Waals surface area contributed by atoms with Gasteiger partial charge < -0.3 is 9.84 Å². The molecule has 0 heterocycles. The van der Waals surface area contributed by atoms with E-state index in [4.69, 9.17) is 9.84 Å². The molecule has 4 nitrogen and oxygen atoms in total. The van der Waals surface area contributed by atoms with Gasteiger partial charge in [0.1, 0.15) is 0 Å². The van der Waals surface area contributed by atoms with Crippen LogP contribution in [0.4, 0.5) is 0 Å². The van der Waals surface area contributed by atoms with Gasteiger partial charge in [0.2, 0.25) is 0 Å². The van der Waals surface area contributed by atoms with Crippen molar-refractivity contribution in [3.05, 3.63) is 12.2 Å². The Morgan fingerprint density at radius 3 is 2.43 bits per heavy atom. The van der Waals surface area contributed by atoms with Crippen LogP contribution in [-0.2, 0) is 14.3 Å². The van der Waals surface area contributed by atoms with Crippen LogP contribution in [0.15, 0.2) is 12.2 Å². The summed E-state index contributed by atoms with van der Waals surface area (Å²) in [5.41, 5.74) is 0.961. The maximum absolute atomic E-state index is 11.0. The maximum atomic E-state index is 11.0. The van der Waals surface area contributed by atoms with E-state index in [0.29, 0.717) is 19.4 Å². The van der Waals surface area contributed by atoms with E-state index in [1.165, 1.54) is 0 Å². The lowest BCUT2D eigenvalue weighted by Crippen LogP contribution is -2.06. The molecule has 0 aliphatic rings. The second kappa shape index (κ2) is 7.12. The maximum Gasteiger partial charge on any atom is 0.305 e. The van der Waals surface area contributed by atoms with E-state index in [1.807, 2.05) is 6.92 Å². The summed E-state index contributed by atoms with van der Waals surface area (Å²) in [6.07, 6.45) is 1.17. The predicted octanol–water partition coefficient (Wildman–Crippen LogP) is 1.75. The Hall–Kier alpha value is -1.32. The normalized spacial score (nSPS) is 9.50. The van der Waals surface area contributed by atoms with Crippen molar-refractivity contribution in [2.75, 3.05) is 6.61 Å². The summed E-state index contributed by atoms with van der Waals surface area (Å²) in [7, 11) is 0. The minimum atomic E-state index is -0.889. The lowest BCUT2D eigenvalue weighted by molar-refractivity contribution is -0.144. The molecule has 0 fully saturated rings. The van der Waals surface area contributed by atoms with Gasteiger partial charge in [-0.15, -0.1) is 6.58 Å². The minimum absolute atomic E-state index is 0.00951. The number of hydrogen-bond donors (Lipinski definition) is 1. The second-order valence-corrected chi connectivity index (χ2v) is 3.17. The fourth-order valence-corrected chi connectivity index (χ4v) is 0.795. The quantitative estimate of drug-likeness (QED) is 0.502. The fraction of sp³-hybridized carbons (Fsp3) is 0.600. The first kappa shape index (κ1) is 12.7. The van der Waals surface area contributed by atoms with Crippen LogP contribution in [-0.4, -0.2) is 23.7 Å². The Bertz CT molecular complexity index is 198. The summed E-state index contributed by atoms with van der Waals surface area (Å²) in [5, 5.41) is 8.31. The number of rotatable bonds is 7. The lowest BCUT2D eigenvalue weighted by Gasteiger charge is -2.03. The largest absolute Gasteiger partial charge is 0.481 e. The first-order valence-corrected chi connectivity index (χ1v) is 4.54. The van der Waals surface area contributed by atoms with Crippen LogP contribution in [0.25, 0.3) is 0 Å². The van der Waals surface area contributed by atoms with Crippen LogP contribution in [0.5, 0.6) is 0 Å². The zero-order chi connectivity index (χ0) is 11.0. The molecule has 0 saturated carbocycles. The number of aliphatic carboxylic acids is 1. The molecule has 0 atom stereocenters. The van der Waals surface area contributed by atoms with Gasteiger partial charge in [0.15, 0.2) is 0 Å². The standard InChI is InChI=1S/C10H16O4/c1-8(2)6-7-14-10(13)5-3-4-9(11)12/h1,3-7H2,2H3,(H,11,12). The molecular weight excluding hydrogens is 184 g/mol. The molecule has 0 aromatic carbocycles. The number of esters is 1. The van der Waals surface area contributed by atoms with E-state index in [1.54, 1.807) is 0 Å². The number of carboxylic acids is 1. The highest BCUT2D eigenvalue weighted by Crippen LogP contribution is 2.00. The zero-order valence-electron chi connectivity index (χ0n) is 8.41. The average molecular weight is 200 g/mol. The van der Waals surface area contributed by atoms with Gasteiger partial charge in [-0.05, 0) is 13.3 Å².